The number of esters is 1. The summed E-state index contributed by atoms with van der Waals surface area (Å²) in [4.78, 5) is 21.3. The van der Waals surface area contributed by atoms with Gasteiger partial charge in [0.25, 0.3) is 5.95 Å². The Labute approximate surface area is 158 Å². The monoisotopic (exact) mass is 365 g/mol. The summed E-state index contributed by atoms with van der Waals surface area (Å²) < 4.78 is 6.41. The van der Waals surface area contributed by atoms with Gasteiger partial charge in [0.2, 0.25) is 0 Å². The molecule has 2 heterocycles. The van der Waals surface area contributed by atoms with Crippen LogP contribution in [-0.2, 0) is 11.2 Å². The molecule has 0 aliphatic rings. The summed E-state index contributed by atoms with van der Waals surface area (Å²) in [5.74, 6) is -0.0910. The molecule has 0 aliphatic heterocycles. The van der Waals surface area contributed by atoms with E-state index >= 15 is 0 Å². The lowest BCUT2D eigenvalue weighted by atomic mass is 10.1. The first-order valence-corrected chi connectivity index (χ1v) is 9.08. The second-order valence-corrected chi connectivity index (χ2v) is 6.31. The van der Waals surface area contributed by atoms with Crippen LogP contribution in [0.1, 0.15) is 48.1 Å². The van der Waals surface area contributed by atoms with Crippen LogP contribution in [0.15, 0.2) is 36.4 Å². The van der Waals surface area contributed by atoms with E-state index < -0.39 is 5.97 Å². The van der Waals surface area contributed by atoms with Gasteiger partial charge in [-0.1, -0.05) is 55.3 Å². The first kappa shape index (κ1) is 18.7. The van der Waals surface area contributed by atoms with Gasteiger partial charge >= 0.3 is 5.97 Å². The zero-order valence-electron chi connectivity index (χ0n) is 15.8. The number of aryl methyl sites for hydroxylation is 1. The number of hydrogen-bond donors (Lipinski definition) is 0. The van der Waals surface area contributed by atoms with Crippen LogP contribution in [-0.4, -0.2) is 38.0 Å². The number of carbonyl (C=O) groups is 1. The lowest BCUT2D eigenvalue weighted by molar-refractivity contribution is 0.0592. The van der Waals surface area contributed by atoms with Crippen LogP contribution < -0.4 is 0 Å². The summed E-state index contributed by atoms with van der Waals surface area (Å²) in [5.41, 5.74) is 3.51. The van der Waals surface area contributed by atoms with Crippen LogP contribution in [0, 0.1) is 6.92 Å². The Morgan fingerprint density at radius 1 is 1.15 bits per heavy atom. The number of methoxy groups -OCH3 is 1. The Morgan fingerprint density at radius 3 is 2.63 bits per heavy atom. The topological polar surface area (TPSA) is 82.8 Å². The first-order chi connectivity index (χ1) is 13.1. The second kappa shape index (κ2) is 8.53. The van der Waals surface area contributed by atoms with Gasteiger partial charge in [-0.25, -0.2) is 14.8 Å². The number of benzene rings is 1. The molecule has 0 N–H and O–H groups in total. The maximum absolute atomic E-state index is 12.1. The Hall–Kier alpha value is -3.09. The molecule has 140 valence electrons. The van der Waals surface area contributed by atoms with Gasteiger partial charge in [0.1, 0.15) is 0 Å². The van der Waals surface area contributed by atoms with Crippen molar-refractivity contribution in [3.8, 4) is 17.2 Å². The number of aromatic nitrogens is 5. The van der Waals surface area contributed by atoms with E-state index in [0.29, 0.717) is 18.1 Å². The second-order valence-electron chi connectivity index (χ2n) is 6.31. The molecule has 7 nitrogen and oxygen atoms in total. The fourth-order valence-corrected chi connectivity index (χ4v) is 2.89. The number of unbranched alkanes of at least 4 members (excludes halogenated alkanes) is 2. The Balaban J connectivity index is 2.06. The molecule has 3 rings (SSSR count). The Bertz CT molecular complexity index is 921. The van der Waals surface area contributed by atoms with Crippen molar-refractivity contribution in [1.82, 2.24) is 25.0 Å². The van der Waals surface area contributed by atoms with Crippen LogP contribution in [0.25, 0.3) is 17.2 Å². The van der Waals surface area contributed by atoms with Crippen molar-refractivity contribution in [2.45, 2.75) is 39.5 Å². The first-order valence-electron chi connectivity index (χ1n) is 9.08. The zero-order chi connectivity index (χ0) is 19.2. The summed E-state index contributed by atoms with van der Waals surface area (Å²) in [6.07, 6.45) is 3.71. The fraction of sp³-hybridized carbons (Fsp3) is 0.350. The van der Waals surface area contributed by atoms with Gasteiger partial charge in [-0.3, -0.25) is 0 Å². The summed E-state index contributed by atoms with van der Waals surface area (Å²) in [5, 5.41) is 8.18. The lowest BCUT2D eigenvalue weighted by Gasteiger charge is -2.09. The highest BCUT2D eigenvalue weighted by Gasteiger charge is 2.22. The molecule has 1 aromatic carbocycles. The van der Waals surface area contributed by atoms with E-state index in [1.165, 1.54) is 7.11 Å². The van der Waals surface area contributed by atoms with E-state index in [1.807, 2.05) is 43.3 Å². The molecule has 0 aliphatic carbocycles. The molecule has 27 heavy (non-hydrogen) atoms. The third-order valence-corrected chi connectivity index (χ3v) is 4.26. The highest BCUT2D eigenvalue weighted by Crippen LogP contribution is 2.20. The van der Waals surface area contributed by atoms with Crippen molar-refractivity contribution in [2.24, 2.45) is 0 Å². The molecule has 0 atom stereocenters. The highest BCUT2D eigenvalue weighted by molar-refractivity contribution is 5.88. The number of ether oxygens (including phenoxy) is 1. The quantitative estimate of drug-likeness (QED) is 0.470. The zero-order valence-corrected chi connectivity index (χ0v) is 15.8. The Kier molecular flexibility index (Phi) is 5.90. The molecular formula is C20H23N5O2. The number of carbonyl (C=O) groups excluding carboxylic acids is 1. The summed E-state index contributed by atoms with van der Waals surface area (Å²) in [6.45, 7) is 4.04. The van der Waals surface area contributed by atoms with Crippen LogP contribution >= 0.6 is 0 Å². The Morgan fingerprint density at radius 2 is 1.93 bits per heavy atom. The van der Waals surface area contributed by atoms with Crippen molar-refractivity contribution in [1.29, 1.82) is 0 Å². The molecule has 0 saturated heterocycles. The van der Waals surface area contributed by atoms with Crippen molar-refractivity contribution < 1.29 is 9.53 Å². The summed E-state index contributed by atoms with van der Waals surface area (Å²) >= 11 is 0. The van der Waals surface area contributed by atoms with Crippen LogP contribution in [0.4, 0.5) is 0 Å². The van der Waals surface area contributed by atoms with E-state index in [-0.39, 0.29) is 5.69 Å². The van der Waals surface area contributed by atoms with Gasteiger partial charge in [-0.05, 0) is 25.8 Å². The highest BCUT2D eigenvalue weighted by atomic mass is 16.5. The SMILES string of the molecule is CCCCCc1c(C(=O)OC)nnn1-c1nc(C)cc(-c2ccccc2)n1. The predicted octanol–water partition coefficient (Wildman–Crippen LogP) is 3.55. The molecule has 0 bridgehead atoms. The minimum Gasteiger partial charge on any atom is -0.464 e. The molecule has 0 fully saturated rings. The number of nitrogens with zero attached hydrogens (tertiary/aromatic N) is 5. The largest absolute Gasteiger partial charge is 0.464 e. The van der Waals surface area contributed by atoms with E-state index in [4.69, 9.17) is 4.74 Å². The predicted molar refractivity (Wildman–Crippen MR) is 102 cm³/mol. The van der Waals surface area contributed by atoms with Gasteiger partial charge in [-0.15, -0.1) is 5.10 Å². The fourth-order valence-electron chi connectivity index (χ4n) is 2.89. The molecule has 3 aromatic rings. The van der Waals surface area contributed by atoms with Gasteiger partial charge in [-0.2, -0.15) is 4.68 Å². The molecule has 0 unspecified atom stereocenters. The minimum absolute atomic E-state index is 0.222. The molecule has 0 spiro atoms. The third-order valence-electron chi connectivity index (χ3n) is 4.26. The smallest absolute Gasteiger partial charge is 0.360 e. The molecule has 2 aromatic heterocycles. The molecule has 7 heteroatoms. The molecule has 0 radical (unpaired) electrons. The summed E-state index contributed by atoms with van der Waals surface area (Å²) in [6, 6.07) is 11.8. The van der Waals surface area contributed by atoms with E-state index in [1.54, 1.807) is 4.68 Å². The average Bonchev–Trinajstić information content (AvgIpc) is 3.12. The van der Waals surface area contributed by atoms with Gasteiger partial charge in [0, 0.05) is 11.3 Å². The molecule has 0 saturated carbocycles. The normalized spacial score (nSPS) is 10.8. The van der Waals surface area contributed by atoms with Crippen molar-refractivity contribution in [3.05, 3.63) is 53.5 Å². The summed E-state index contributed by atoms with van der Waals surface area (Å²) in [7, 11) is 1.34. The van der Waals surface area contributed by atoms with Gasteiger partial charge in [0.15, 0.2) is 5.69 Å². The maximum Gasteiger partial charge on any atom is 0.360 e. The van der Waals surface area contributed by atoms with E-state index in [2.05, 4.69) is 27.2 Å². The van der Waals surface area contributed by atoms with Crippen molar-refractivity contribution in [3.63, 3.8) is 0 Å². The average molecular weight is 365 g/mol. The van der Waals surface area contributed by atoms with E-state index in [0.717, 1.165) is 36.2 Å². The van der Waals surface area contributed by atoms with E-state index in [9.17, 15) is 4.79 Å². The third kappa shape index (κ3) is 4.19. The van der Waals surface area contributed by atoms with Crippen LogP contribution in [0.2, 0.25) is 0 Å². The maximum atomic E-state index is 12.1. The molecular weight excluding hydrogens is 342 g/mol. The van der Waals surface area contributed by atoms with Crippen LogP contribution in [0.3, 0.4) is 0 Å². The van der Waals surface area contributed by atoms with Crippen molar-refractivity contribution in [2.75, 3.05) is 7.11 Å². The molecule has 0 amide bonds. The van der Waals surface area contributed by atoms with Crippen LogP contribution in [0.5, 0.6) is 0 Å². The van der Waals surface area contributed by atoms with Crippen molar-refractivity contribution >= 4 is 5.97 Å². The van der Waals surface area contributed by atoms with Gasteiger partial charge < -0.3 is 4.74 Å². The number of rotatable bonds is 7. The van der Waals surface area contributed by atoms with Gasteiger partial charge in [0.05, 0.1) is 18.5 Å². The standard InChI is InChI=1S/C20H23N5O2/c1-4-5-7-12-17-18(19(26)27-3)23-24-25(17)20-21-14(2)13-16(22-20)15-10-8-6-9-11-15/h6,8-11,13H,4-5,7,12H2,1-3H3. The number of hydrogen-bond acceptors (Lipinski definition) is 6. The minimum atomic E-state index is -0.497. The lowest BCUT2D eigenvalue weighted by Crippen LogP contribution is -2.12.